The number of nitrogens with zero attached hydrogens (tertiary/aromatic N) is 3. The van der Waals surface area contributed by atoms with Gasteiger partial charge in [0.05, 0.1) is 17.6 Å². The van der Waals surface area contributed by atoms with Gasteiger partial charge in [0, 0.05) is 31.7 Å². The molecule has 0 N–H and O–H groups in total. The zero-order valence-corrected chi connectivity index (χ0v) is 16.6. The highest BCUT2D eigenvalue weighted by molar-refractivity contribution is 6.05. The molecule has 3 heterocycles. The first-order valence-corrected chi connectivity index (χ1v) is 9.94. The molecule has 5 rings (SSSR count). The third-order valence-corrected chi connectivity index (χ3v) is 5.46. The van der Waals surface area contributed by atoms with Gasteiger partial charge in [-0.2, -0.15) is 0 Å². The summed E-state index contributed by atoms with van der Waals surface area (Å²) in [4.78, 5) is 24.2. The molecule has 0 spiro atoms. The summed E-state index contributed by atoms with van der Waals surface area (Å²) >= 11 is 0. The number of hydrogen-bond acceptors (Lipinski definition) is 5. The molecule has 1 unspecified atom stereocenters. The van der Waals surface area contributed by atoms with Gasteiger partial charge < -0.3 is 14.1 Å². The fourth-order valence-corrected chi connectivity index (χ4v) is 3.96. The molecular weight excluding hydrogens is 378 g/mol. The fourth-order valence-electron chi connectivity index (χ4n) is 3.96. The number of hydrogen-bond donors (Lipinski definition) is 0. The first-order chi connectivity index (χ1) is 14.7. The lowest BCUT2D eigenvalue weighted by molar-refractivity contribution is 0.0729. The Balaban J connectivity index is 1.42. The van der Waals surface area contributed by atoms with E-state index in [1.165, 1.54) is 0 Å². The van der Waals surface area contributed by atoms with Crippen molar-refractivity contribution in [3.05, 3.63) is 95.3 Å². The van der Waals surface area contributed by atoms with E-state index in [-0.39, 0.29) is 12.0 Å². The van der Waals surface area contributed by atoms with Crippen LogP contribution >= 0.6 is 0 Å². The van der Waals surface area contributed by atoms with Crippen molar-refractivity contribution in [3.8, 4) is 0 Å². The lowest BCUT2D eigenvalue weighted by atomic mass is 10.1. The minimum Gasteiger partial charge on any atom is -0.442 e. The van der Waals surface area contributed by atoms with Crippen molar-refractivity contribution >= 4 is 16.8 Å². The van der Waals surface area contributed by atoms with Gasteiger partial charge in [-0.25, -0.2) is 4.98 Å². The van der Waals surface area contributed by atoms with Crippen LogP contribution < -0.4 is 0 Å². The zero-order valence-electron chi connectivity index (χ0n) is 16.6. The van der Waals surface area contributed by atoms with Crippen molar-refractivity contribution in [2.45, 2.75) is 19.1 Å². The third-order valence-electron chi connectivity index (χ3n) is 5.46. The van der Waals surface area contributed by atoms with E-state index < -0.39 is 0 Å². The number of fused-ring (bicyclic) bond motifs is 2. The highest BCUT2D eigenvalue weighted by Crippen LogP contribution is 2.29. The quantitative estimate of drug-likeness (QED) is 0.515. The number of ether oxygens (including phenoxy) is 1. The minimum atomic E-state index is -0.372. The summed E-state index contributed by atoms with van der Waals surface area (Å²) in [6.07, 6.45) is 1.96. The Hall–Kier alpha value is -3.51. The van der Waals surface area contributed by atoms with Crippen molar-refractivity contribution in [2.24, 2.45) is 0 Å². The molecule has 2 aromatic heterocycles. The maximum atomic E-state index is 13.2. The van der Waals surface area contributed by atoms with E-state index in [1.807, 2.05) is 65.6 Å². The first-order valence-electron chi connectivity index (χ1n) is 9.94. The van der Waals surface area contributed by atoms with Crippen molar-refractivity contribution in [2.75, 3.05) is 13.7 Å². The molecule has 0 radical (unpaired) electrons. The molecule has 1 aliphatic rings. The van der Waals surface area contributed by atoms with Gasteiger partial charge in [-0.15, -0.1) is 0 Å². The van der Waals surface area contributed by atoms with Crippen LogP contribution in [-0.4, -0.2) is 34.4 Å². The standard InChI is InChI=1S/C24H21N3O3/c1-29-22(17-7-3-2-4-8-17)23-26-19-15-27(14-12-20(19)30-23)24(28)18-11-5-9-16-10-6-13-25-21(16)18/h2-11,13,22H,12,14-15H2,1H3. The summed E-state index contributed by atoms with van der Waals surface area (Å²) in [7, 11) is 1.64. The van der Waals surface area contributed by atoms with E-state index in [1.54, 1.807) is 13.3 Å². The smallest absolute Gasteiger partial charge is 0.256 e. The average molecular weight is 399 g/mol. The topological polar surface area (TPSA) is 68.5 Å². The Bertz CT molecular complexity index is 1200. The Morgan fingerprint density at radius 3 is 2.77 bits per heavy atom. The number of oxazole rings is 1. The van der Waals surface area contributed by atoms with Crippen LogP contribution in [0, 0.1) is 0 Å². The van der Waals surface area contributed by atoms with Gasteiger partial charge >= 0.3 is 0 Å². The predicted molar refractivity (Wildman–Crippen MR) is 112 cm³/mol. The van der Waals surface area contributed by atoms with Crippen LogP contribution in [0.15, 0.2) is 71.3 Å². The van der Waals surface area contributed by atoms with Crippen LogP contribution in [0.1, 0.15) is 39.4 Å². The molecule has 0 bridgehead atoms. The lowest BCUT2D eigenvalue weighted by Crippen LogP contribution is -2.36. The second kappa shape index (κ2) is 7.72. The third kappa shape index (κ3) is 3.25. The highest BCUT2D eigenvalue weighted by Gasteiger charge is 2.29. The molecular formula is C24H21N3O3. The summed E-state index contributed by atoms with van der Waals surface area (Å²) < 4.78 is 11.7. The largest absolute Gasteiger partial charge is 0.442 e. The Morgan fingerprint density at radius 2 is 1.93 bits per heavy atom. The molecule has 1 atom stereocenters. The number of pyridine rings is 1. The zero-order chi connectivity index (χ0) is 20.5. The minimum absolute atomic E-state index is 0.0409. The number of benzene rings is 2. The number of methoxy groups -OCH3 is 1. The fraction of sp³-hybridized carbons (Fsp3) is 0.208. The van der Waals surface area contributed by atoms with Gasteiger partial charge in [0.2, 0.25) is 5.89 Å². The number of carbonyl (C=O) groups excluding carboxylic acids is 1. The van der Waals surface area contributed by atoms with Crippen molar-refractivity contribution < 1.29 is 13.9 Å². The number of aromatic nitrogens is 2. The predicted octanol–water partition coefficient (Wildman–Crippen LogP) is 4.16. The first kappa shape index (κ1) is 18.5. The molecule has 0 saturated carbocycles. The Morgan fingerprint density at radius 1 is 1.10 bits per heavy atom. The molecule has 6 heteroatoms. The number of amides is 1. The normalized spacial score (nSPS) is 14.5. The molecule has 0 aliphatic carbocycles. The molecule has 150 valence electrons. The van der Waals surface area contributed by atoms with Gasteiger partial charge in [-0.05, 0) is 17.7 Å². The van der Waals surface area contributed by atoms with Crippen LogP contribution in [0.3, 0.4) is 0 Å². The van der Waals surface area contributed by atoms with E-state index in [0.29, 0.717) is 31.0 Å². The van der Waals surface area contributed by atoms with Crippen molar-refractivity contribution in [3.63, 3.8) is 0 Å². The summed E-state index contributed by atoms with van der Waals surface area (Å²) in [5.74, 6) is 1.30. The molecule has 1 amide bonds. The molecule has 1 aliphatic heterocycles. The van der Waals surface area contributed by atoms with E-state index in [2.05, 4.69) is 9.97 Å². The van der Waals surface area contributed by atoms with Crippen LogP contribution in [0.2, 0.25) is 0 Å². The SMILES string of the molecule is COC(c1ccccc1)c1nc2c(o1)CCN(C(=O)c1cccc3cccnc13)C2. The number of carbonyl (C=O) groups is 1. The number of rotatable bonds is 4. The maximum absolute atomic E-state index is 13.2. The maximum Gasteiger partial charge on any atom is 0.256 e. The lowest BCUT2D eigenvalue weighted by Gasteiger charge is -2.25. The van der Waals surface area contributed by atoms with E-state index in [4.69, 9.17) is 9.15 Å². The van der Waals surface area contributed by atoms with Crippen molar-refractivity contribution in [1.29, 1.82) is 0 Å². The van der Waals surface area contributed by atoms with E-state index in [0.717, 1.165) is 27.9 Å². The summed E-state index contributed by atoms with van der Waals surface area (Å²) in [6.45, 7) is 0.985. The van der Waals surface area contributed by atoms with Gasteiger partial charge in [0.25, 0.3) is 5.91 Å². The Labute approximate surface area is 174 Å². The van der Waals surface area contributed by atoms with Gasteiger partial charge in [-0.3, -0.25) is 9.78 Å². The molecule has 6 nitrogen and oxygen atoms in total. The van der Waals surface area contributed by atoms with Crippen LogP contribution in [0.4, 0.5) is 0 Å². The summed E-state index contributed by atoms with van der Waals surface area (Å²) in [5.41, 5.74) is 3.10. The van der Waals surface area contributed by atoms with Crippen LogP contribution in [0.25, 0.3) is 10.9 Å². The van der Waals surface area contributed by atoms with Gasteiger partial charge in [0.15, 0.2) is 6.10 Å². The monoisotopic (exact) mass is 399 g/mol. The highest BCUT2D eigenvalue weighted by atomic mass is 16.5. The molecule has 30 heavy (non-hydrogen) atoms. The summed E-state index contributed by atoms with van der Waals surface area (Å²) in [5, 5.41) is 0.954. The molecule has 0 fully saturated rings. The average Bonchev–Trinajstić information content (AvgIpc) is 3.22. The number of para-hydroxylation sites is 1. The van der Waals surface area contributed by atoms with E-state index >= 15 is 0 Å². The van der Waals surface area contributed by atoms with Crippen LogP contribution in [0.5, 0.6) is 0 Å². The second-order valence-electron chi connectivity index (χ2n) is 7.31. The van der Waals surface area contributed by atoms with E-state index in [9.17, 15) is 4.79 Å². The summed E-state index contributed by atoms with van der Waals surface area (Å²) in [6, 6.07) is 19.4. The van der Waals surface area contributed by atoms with Crippen molar-refractivity contribution in [1.82, 2.24) is 14.9 Å². The molecule has 4 aromatic rings. The second-order valence-corrected chi connectivity index (χ2v) is 7.31. The van der Waals surface area contributed by atoms with Gasteiger partial charge in [0.1, 0.15) is 11.5 Å². The Kier molecular flexibility index (Phi) is 4.77. The molecule has 0 saturated heterocycles. The molecule has 2 aromatic carbocycles. The van der Waals surface area contributed by atoms with Gasteiger partial charge in [-0.1, -0.05) is 48.5 Å². The van der Waals surface area contributed by atoms with Crippen LogP contribution in [-0.2, 0) is 17.7 Å².